The van der Waals surface area contributed by atoms with Crippen molar-refractivity contribution >= 4 is 22.8 Å². The van der Waals surface area contributed by atoms with Crippen LogP contribution in [0.25, 0.3) is 28.0 Å². The highest BCUT2D eigenvalue weighted by Crippen LogP contribution is 2.25. The average molecular weight is 463 g/mol. The second-order valence-corrected chi connectivity index (χ2v) is 8.06. The summed E-state index contributed by atoms with van der Waals surface area (Å²) in [5.41, 5.74) is 4.12. The maximum Gasteiger partial charge on any atom is 0.278 e. The lowest BCUT2D eigenvalue weighted by Gasteiger charge is -2.13. The van der Waals surface area contributed by atoms with Crippen LogP contribution >= 0.6 is 0 Å². The molecular formula is C27H21N5O3. The molecule has 0 bridgehead atoms. The predicted molar refractivity (Wildman–Crippen MR) is 135 cm³/mol. The van der Waals surface area contributed by atoms with Gasteiger partial charge in [-0.2, -0.15) is 0 Å². The lowest BCUT2D eigenvalue weighted by Crippen LogP contribution is -2.26. The highest BCUT2D eigenvalue weighted by Gasteiger charge is 2.15. The number of H-pyrrole nitrogens is 1. The Morgan fingerprint density at radius 2 is 1.77 bits per heavy atom. The number of nitrogens with one attached hydrogen (secondary N) is 2. The minimum Gasteiger partial charge on any atom is -0.329 e. The Hall–Kier alpha value is -4.85. The molecule has 172 valence electrons. The fourth-order valence-electron chi connectivity index (χ4n) is 4.00. The van der Waals surface area contributed by atoms with E-state index >= 15 is 0 Å². The monoisotopic (exact) mass is 463 g/mol. The van der Waals surface area contributed by atoms with Gasteiger partial charge in [-0.1, -0.05) is 30.3 Å². The number of pyridine rings is 2. The van der Waals surface area contributed by atoms with Crippen molar-refractivity contribution in [3.05, 3.63) is 117 Å². The Balaban J connectivity index is 1.66. The van der Waals surface area contributed by atoms with Gasteiger partial charge < -0.3 is 10.3 Å². The van der Waals surface area contributed by atoms with E-state index in [0.717, 1.165) is 11.1 Å². The number of fused-ring (bicyclic) bond motifs is 1. The van der Waals surface area contributed by atoms with E-state index in [2.05, 4.69) is 20.3 Å². The number of amides is 1. The number of anilines is 1. The minimum absolute atomic E-state index is 0.0955. The molecule has 0 radical (unpaired) electrons. The standard InChI is InChI=1S/C27H21N5O3/c1-17(33)30-21-9-2-6-18(14-21)19-7-3-10-22(15-19)32-25-23(11-5-12-28-25)31-24(27(32)35)16-20-8-4-13-29-26(20)34/h2-15H,16H2,1H3,(H,29,34)(H,30,33). The molecule has 2 N–H and O–H groups in total. The number of aromatic amines is 1. The fourth-order valence-corrected chi connectivity index (χ4v) is 4.00. The normalized spacial score (nSPS) is 10.9. The van der Waals surface area contributed by atoms with Crippen molar-refractivity contribution in [1.29, 1.82) is 0 Å². The van der Waals surface area contributed by atoms with Crippen molar-refractivity contribution in [3.8, 4) is 16.8 Å². The molecule has 0 fully saturated rings. The first kappa shape index (κ1) is 22.0. The summed E-state index contributed by atoms with van der Waals surface area (Å²) < 4.78 is 1.52. The lowest BCUT2D eigenvalue weighted by molar-refractivity contribution is -0.114. The van der Waals surface area contributed by atoms with Crippen LogP contribution in [-0.4, -0.2) is 25.4 Å². The Morgan fingerprint density at radius 3 is 2.57 bits per heavy atom. The van der Waals surface area contributed by atoms with Gasteiger partial charge in [-0.05, 0) is 53.6 Å². The number of hydrogen-bond acceptors (Lipinski definition) is 5. The summed E-state index contributed by atoms with van der Waals surface area (Å²) in [6, 6.07) is 21.9. The van der Waals surface area contributed by atoms with Gasteiger partial charge >= 0.3 is 0 Å². The average Bonchev–Trinajstić information content (AvgIpc) is 2.86. The summed E-state index contributed by atoms with van der Waals surface area (Å²) >= 11 is 0. The molecule has 0 aliphatic rings. The second-order valence-electron chi connectivity index (χ2n) is 8.06. The van der Waals surface area contributed by atoms with Crippen molar-refractivity contribution < 1.29 is 4.79 Å². The van der Waals surface area contributed by atoms with Crippen LogP contribution < -0.4 is 16.4 Å². The molecule has 1 amide bonds. The molecule has 0 saturated carbocycles. The maximum absolute atomic E-state index is 13.6. The molecule has 8 heteroatoms. The summed E-state index contributed by atoms with van der Waals surface area (Å²) in [6.07, 6.45) is 3.26. The zero-order valence-corrected chi connectivity index (χ0v) is 18.9. The number of hydrogen-bond donors (Lipinski definition) is 2. The van der Waals surface area contributed by atoms with Gasteiger partial charge in [0, 0.05) is 37.0 Å². The van der Waals surface area contributed by atoms with E-state index in [1.165, 1.54) is 11.5 Å². The summed E-state index contributed by atoms with van der Waals surface area (Å²) in [5.74, 6) is -0.151. The number of benzene rings is 2. The van der Waals surface area contributed by atoms with Gasteiger partial charge in [-0.25, -0.2) is 9.97 Å². The van der Waals surface area contributed by atoms with Crippen LogP contribution in [0.3, 0.4) is 0 Å². The largest absolute Gasteiger partial charge is 0.329 e. The van der Waals surface area contributed by atoms with Gasteiger partial charge in [0.1, 0.15) is 11.2 Å². The summed E-state index contributed by atoms with van der Waals surface area (Å²) in [5, 5.41) is 2.79. The molecule has 3 aromatic heterocycles. The molecule has 0 spiro atoms. The molecule has 0 unspecified atom stereocenters. The molecule has 5 rings (SSSR count). The number of nitrogens with zero attached hydrogens (tertiary/aromatic N) is 3. The Kier molecular flexibility index (Phi) is 5.76. The van der Waals surface area contributed by atoms with Crippen LogP contribution in [0.2, 0.25) is 0 Å². The summed E-state index contributed by atoms with van der Waals surface area (Å²) in [7, 11) is 0. The molecule has 0 aliphatic carbocycles. The molecule has 3 heterocycles. The van der Waals surface area contributed by atoms with Crippen LogP contribution in [0.5, 0.6) is 0 Å². The Bertz CT molecular complexity index is 1690. The number of aromatic nitrogens is 4. The third kappa shape index (κ3) is 4.49. The molecule has 0 aliphatic heterocycles. The van der Waals surface area contributed by atoms with Crippen molar-refractivity contribution in [3.63, 3.8) is 0 Å². The van der Waals surface area contributed by atoms with E-state index in [-0.39, 0.29) is 29.1 Å². The third-order valence-corrected chi connectivity index (χ3v) is 5.56. The van der Waals surface area contributed by atoms with Crippen molar-refractivity contribution in [2.45, 2.75) is 13.3 Å². The Labute approximate surface area is 200 Å². The second kappa shape index (κ2) is 9.18. The lowest BCUT2D eigenvalue weighted by atomic mass is 10.0. The SMILES string of the molecule is CC(=O)Nc1cccc(-c2cccc(-n3c(=O)c(Cc4ccc[nH]c4=O)nc4cccnc43)c2)c1. The zero-order chi connectivity index (χ0) is 24.4. The summed E-state index contributed by atoms with van der Waals surface area (Å²) in [4.78, 5) is 48.9. The van der Waals surface area contributed by atoms with E-state index in [1.54, 1.807) is 36.7 Å². The van der Waals surface area contributed by atoms with Crippen molar-refractivity contribution in [1.82, 2.24) is 19.5 Å². The van der Waals surface area contributed by atoms with E-state index in [4.69, 9.17) is 0 Å². The Morgan fingerprint density at radius 1 is 0.971 bits per heavy atom. The third-order valence-electron chi connectivity index (χ3n) is 5.56. The molecule has 35 heavy (non-hydrogen) atoms. The minimum atomic E-state index is -0.344. The van der Waals surface area contributed by atoms with Crippen molar-refractivity contribution in [2.24, 2.45) is 0 Å². The number of rotatable bonds is 5. The van der Waals surface area contributed by atoms with Crippen LogP contribution in [0.4, 0.5) is 5.69 Å². The van der Waals surface area contributed by atoms with E-state index in [1.807, 2.05) is 48.5 Å². The van der Waals surface area contributed by atoms with Gasteiger partial charge in [-0.3, -0.25) is 19.0 Å². The van der Waals surface area contributed by atoms with Gasteiger partial charge in [0.2, 0.25) is 5.91 Å². The topological polar surface area (TPSA) is 110 Å². The van der Waals surface area contributed by atoms with Crippen LogP contribution in [0, 0.1) is 0 Å². The number of carbonyl (C=O) groups is 1. The zero-order valence-electron chi connectivity index (χ0n) is 18.9. The predicted octanol–water partition coefficient (Wildman–Crippen LogP) is 3.69. The van der Waals surface area contributed by atoms with Gasteiger partial charge in [-0.15, -0.1) is 0 Å². The summed E-state index contributed by atoms with van der Waals surface area (Å²) in [6.45, 7) is 1.46. The molecule has 0 atom stereocenters. The molecular weight excluding hydrogens is 442 g/mol. The first-order valence-corrected chi connectivity index (χ1v) is 11.0. The van der Waals surface area contributed by atoms with Crippen LogP contribution in [0.15, 0.2) is 94.8 Å². The highest BCUT2D eigenvalue weighted by atomic mass is 16.1. The first-order valence-electron chi connectivity index (χ1n) is 11.0. The quantitative estimate of drug-likeness (QED) is 0.413. The smallest absolute Gasteiger partial charge is 0.278 e. The highest BCUT2D eigenvalue weighted by molar-refractivity contribution is 5.89. The van der Waals surface area contributed by atoms with Crippen LogP contribution in [-0.2, 0) is 11.2 Å². The van der Waals surface area contributed by atoms with Gasteiger partial charge in [0.05, 0.1) is 5.69 Å². The van der Waals surface area contributed by atoms with Gasteiger partial charge in [0.25, 0.3) is 11.1 Å². The molecule has 0 saturated heterocycles. The van der Waals surface area contributed by atoms with E-state index < -0.39 is 0 Å². The van der Waals surface area contributed by atoms with E-state index in [0.29, 0.717) is 28.1 Å². The van der Waals surface area contributed by atoms with Crippen LogP contribution in [0.1, 0.15) is 18.2 Å². The molecule has 5 aromatic rings. The first-order chi connectivity index (χ1) is 17.0. The van der Waals surface area contributed by atoms with Crippen molar-refractivity contribution in [2.75, 3.05) is 5.32 Å². The van der Waals surface area contributed by atoms with Gasteiger partial charge in [0.15, 0.2) is 5.65 Å². The number of carbonyl (C=O) groups excluding carboxylic acids is 1. The van der Waals surface area contributed by atoms with E-state index in [9.17, 15) is 14.4 Å². The fraction of sp³-hybridized carbons (Fsp3) is 0.0741. The molecule has 8 nitrogen and oxygen atoms in total. The molecule has 2 aromatic carbocycles. The maximum atomic E-state index is 13.6.